The lowest BCUT2D eigenvalue weighted by Gasteiger charge is -2.15. The van der Waals surface area contributed by atoms with Crippen molar-refractivity contribution in [1.82, 2.24) is 4.90 Å². The molecule has 1 aromatic carbocycles. The molecule has 0 saturated heterocycles. The third-order valence-electron chi connectivity index (χ3n) is 4.14. The molecule has 126 valence electrons. The summed E-state index contributed by atoms with van der Waals surface area (Å²) in [5, 5.41) is 4.49. The Morgan fingerprint density at radius 3 is 2.52 bits per heavy atom. The summed E-state index contributed by atoms with van der Waals surface area (Å²) >= 11 is 0. The molecule has 0 heterocycles. The van der Waals surface area contributed by atoms with Crippen molar-refractivity contribution in [1.29, 1.82) is 0 Å². The van der Waals surface area contributed by atoms with E-state index in [2.05, 4.69) is 60.6 Å². The summed E-state index contributed by atoms with van der Waals surface area (Å²) in [5.74, 6) is 0. The highest BCUT2D eigenvalue weighted by atomic mass is 16.6. The van der Waals surface area contributed by atoms with Gasteiger partial charge in [-0.05, 0) is 63.4 Å². The van der Waals surface area contributed by atoms with Gasteiger partial charge in [0, 0.05) is 6.54 Å². The molecule has 0 spiro atoms. The summed E-state index contributed by atoms with van der Waals surface area (Å²) < 4.78 is 0. The Morgan fingerprint density at radius 2 is 1.78 bits per heavy atom. The molecule has 0 amide bonds. The van der Waals surface area contributed by atoms with Gasteiger partial charge in [-0.1, -0.05) is 48.3 Å². The van der Waals surface area contributed by atoms with Crippen LogP contribution < -0.4 is 0 Å². The van der Waals surface area contributed by atoms with Crippen LogP contribution in [0.15, 0.2) is 41.1 Å². The summed E-state index contributed by atoms with van der Waals surface area (Å²) in [4.78, 5) is 7.78. The lowest BCUT2D eigenvalue weighted by Crippen LogP contribution is -2.14. The van der Waals surface area contributed by atoms with Gasteiger partial charge in [-0.25, -0.2) is 0 Å². The zero-order valence-corrected chi connectivity index (χ0v) is 14.6. The molecule has 0 unspecified atom stereocenters. The third kappa shape index (κ3) is 7.00. The maximum Gasteiger partial charge on any atom is 0.118 e. The molecule has 0 bridgehead atoms. The van der Waals surface area contributed by atoms with Crippen molar-refractivity contribution >= 4 is 11.8 Å². The molecule has 0 aromatic heterocycles. The zero-order chi connectivity index (χ0) is 16.3. The van der Waals surface area contributed by atoms with Crippen molar-refractivity contribution in [2.75, 3.05) is 27.2 Å². The van der Waals surface area contributed by atoms with Gasteiger partial charge < -0.3 is 9.74 Å². The standard InChI is InChI=1S/C20H30N2O/c1-22(2)15-10-16-23-21-20-14-9-4-3-8-13-19(20)17-18-11-6-5-7-12-18/h5-7,11-12,17H,3-4,8-10,13-16H2,1-2H3. The Hall–Kier alpha value is -1.61. The summed E-state index contributed by atoms with van der Waals surface area (Å²) in [6.45, 7) is 1.73. The van der Waals surface area contributed by atoms with Crippen LogP contribution in [0.5, 0.6) is 0 Å². The SMILES string of the molecule is CN(C)CCCON=C1CCCCCCC1=Cc1ccccc1. The van der Waals surface area contributed by atoms with E-state index in [9.17, 15) is 0 Å². The quantitative estimate of drug-likeness (QED) is 0.559. The smallest absolute Gasteiger partial charge is 0.118 e. The van der Waals surface area contributed by atoms with Gasteiger partial charge in [0.2, 0.25) is 0 Å². The van der Waals surface area contributed by atoms with E-state index in [0.29, 0.717) is 6.61 Å². The van der Waals surface area contributed by atoms with Crippen LogP contribution in [0.1, 0.15) is 50.5 Å². The molecule has 1 saturated carbocycles. The van der Waals surface area contributed by atoms with E-state index < -0.39 is 0 Å². The Balaban J connectivity index is 2.02. The van der Waals surface area contributed by atoms with Gasteiger partial charge in [0.05, 0.1) is 5.71 Å². The molecular weight excluding hydrogens is 284 g/mol. The van der Waals surface area contributed by atoms with Crippen LogP contribution in [-0.4, -0.2) is 37.9 Å². The average Bonchev–Trinajstić information content (AvgIpc) is 2.53. The molecule has 0 radical (unpaired) electrons. The van der Waals surface area contributed by atoms with Crippen LogP contribution in [0.2, 0.25) is 0 Å². The summed E-state index contributed by atoms with van der Waals surface area (Å²) in [6.07, 6.45) is 10.5. The predicted octanol–water partition coefficient (Wildman–Crippen LogP) is 4.75. The third-order valence-corrected chi connectivity index (χ3v) is 4.14. The van der Waals surface area contributed by atoms with Crippen LogP contribution in [0.3, 0.4) is 0 Å². The molecule has 3 heteroatoms. The van der Waals surface area contributed by atoms with Crippen LogP contribution >= 0.6 is 0 Å². The van der Waals surface area contributed by atoms with Crippen LogP contribution in [0.25, 0.3) is 6.08 Å². The molecule has 1 fully saturated rings. The molecule has 3 nitrogen and oxygen atoms in total. The van der Waals surface area contributed by atoms with Crippen molar-refractivity contribution in [3.63, 3.8) is 0 Å². The van der Waals surface area contributed by atoms with E-state index in [1.165, 1.54) is 36.8 Å². The largest absolute Gasteiger partial charge is 0.396 e. The fourth-order valence-electron chi connectivity index (χ4n) is 2.85. The average molecular weight is 314 g/mol. The van der Waals surface area contributed by atoms with Gasteiger partial charge in [0.15, 0.2) is 0 Å². The monoisotopic (exact) mass is 314 g/mol. The second kappa shape index (κ2) is 10.2. The van der Waals surface area contributed by atoms with E-state index in [1.807, 2.05) is 0 Å². The van der Waals surface area contributed by atoms with Crippen molar-refractivity contribution < 1.29 is 4.84 Å². The number of nitrogens with zero attached hydrogens (tertiary/aromatic N) is 2. The summed E-state index contributed by atoms with van der Waals surface area (Å²) in [5.41, 5.74) is 3.75. The van der Waals surface area contributed by atoms with E-state index >= 15 is 0 Å². The highest BCUT2D eigenvalue weighted by molar-refractivity contribution is 6.03. The normalized spacial score (nSPS) is 19.8. The van der Waals surface area contributed by atoms with Gasteiger partial charge in [0.1, 0.15) is 6.61 Å². The molecule has 1 aliphatic carbocycles. The van der Waals surface area contributed by atoms with Crippen LogP contribution in [0.4, 0.5) is 0 Å². The first kappa shape index (κ1) is 17.7. The van der Waals surface area contributed by atoms with E-state index in [1.54, 1.807) is 0 Å². The maximum atomic E-state index is 5.61. The Kier molecular flexibility index (Phi) is 7.88. The fourth-order valence-corrected chi connectivity index (χ4v) is 2.85. The Labute approximate surface area is 141 Å². The van der Waals surface area contributed by atoms with Gasteiger partial charge in [-0.2, -0.15) is 0 Å². The topological polar surface area (TPSA) is 24.8 Å². The number of oxime groups is 1. The van der Waals surface area contributed by atoms with Gasteiger partial charge in [0.25, 0.3) is 0 Å². The van der Waals surface area contributed by atoms with Gasteiger partial charge in [-0.3, -0.25) is 0 Å². The Bertz CT molecular complexity index is 506. The maximum absolute atomic E-state index is 5.61. The molecule has 0 N–H and O–H groups in total. The number of hydrogen-bond acceptors (Lipinski definition) is 3. The number of rotatable bonds is 6. The summed E-state index contributed by atoms with van der Waals surface area (Å²) in [6, 6.07) is 10.5. The Morgan fingerprint density at radius 1 is 1.04 bits per heavy atom. The van der Waals surface area contributed by atoms with Crippen molar-refractivity contribution in [3.05, 3.63) is 41.5 Å². The van der Waals surface area contributed by atoms with E-state index in [-0.39, 0.29) is 0 Å². The summed E-state index contributed by atoms with van der Waals surface area (Å²) in [7, 11) is 4.17. The molecular formula is C20H30N2O. The lowest BCUT2D eigenvalue weighted by atomic mass is 9.93. The van der Waals surface area contributed by atoms with E-state index in [0.717, 1.165) is 31.5 Å². The first-order valence-corrected chi connectivity index (χ1v) is 8.85. The van der Waals surface area contributed by atoms with Gasteiger partial charge in [-0.15, -0.1) is 0 Å². The van der Waals surface area contributed by atoms with Gasteiger partial charge >= 0.3 is 0 Å². The predicted molar refractivity (Wildman–Crippen MR) is 98.7 cm³/mol. The molecule has 1 aliphatic rings. The highest BCUT2D eigenvalue weighted by Gasteiger charge is 2.12. The number of hydrogen-bond donors (Lipinski definition) is 0. The van der Waals surface area contributed by atoms with Crippen LogP contribution in [-0.2, 0) is 4.84 Å². The lowest BCUT2D eigenvalue weighted by molar-refractivity contribution is 0.134. The zero-order valence-electron chi connectivity index (χ0n) is 14.6. The fraction of sp³-hybridized carbons (Fsp3) is 0.550. The molecule has 0 atom stereocenters. The van der Waals surface area contributed by atoms with Crippen molar-refractivity contribution in [3.8, 4) is 0 Å². The highest BCUT2D eigenvalue weighted by Crippen LogP contribution is 2.22. The van der Waals surface area contributed by atoms with Crippen LogP contribution in [0, 0.1) is 0 Å². The minimum atomic E-state index is 0.695. The number of benzene rings is 1. The second-order valence-electron chi connectivity index (χ2n) is 6.52. The first-order valence-electron chi connectivity index (χ1n) is 8.85. The molecule has 23 heavy (non-hydrogen) atoms. The van der Waals surface area contributed by atoms with Crippen molar-refractivity contribution in [2.24, 2.45) is 5.16 Å². The minimum absolute atomic E-state index is 0.695. The first-order chi connectivity index (χ1) is 11.3. The number of allylic oxidation sites excluding steroid dienone is 1. The van der Waals surface area contributed by atoms with Crippen molar-refractivity contribution in [2.45, 2.75) is 44.9 Å². The van der Waals surface area contributed by atoms with E-state index in [4.69, 9.17) is 4.84 Å². The molecule has 2 rings (SSSR count). The second-order valence-corrected chi connectivity index (χ2v) is 6.52. The minimum Gasteiger partial charge on any atom is -0.396 e. The molecule has 0 aliphatic heterocycles. The molecule has 1 aromatic rings.